The molecule has 0 aromatic heterocycles. The highest BCUT2D eigenvalue weighted by Crippen LogP contribution is 2.31. The van der Waals surface area contributed by atoms with Crippen LogP contribution in [-0.2, 0) is 6.61 Å². The quantitative estimate of drug-likeness (QED) is 0.578. The van der Waals surface area contributed by atoms with Gasteiger partial charge in [0.1, 0.15) is 6.61 Å². The standard InChI is InChI=1S/C14H11BrClNO3/c1-9-3-2-4-13(17(18)19)14(9)20-8-10-5-6-11(15)7-12(10)16/h2-7H,8H2,1H3. The van der Waals surface area contributed by atoms with Gasteiger partial charge in [-0.15, -0.1) is 0 Å². The van der Waals surface area contributed by atoms with E-state index in [4.69, 9.17) is 16.3 Å². The SMILES string of the molecule is Cc1cccc([N+](=O)[O-])c1OCc1ccc(Br)cc1Cl. The number of rotatable bonds is 4. The molecule has 0 heterocycles. The molecule has 0 unspecified atom stereocenters. The van der Waals surface area contributed by atoms with Crippen molar-refractivity contribution in [1.29, 1.82) is 0 Å². The van der Waals surface area contributed by atoms with Crippen molar-refractivity contribution in [3.8, 4) is 5.75 Å². The van der Waals surface area contributed by atoms with Crippen molar-refractivity contribution in [2.75, 3.05) is 0 Å². The van der Waals surface area contributed by atoms with Gasteiger partial charge >= 0.3 is 5.69 Å². The van der Waals surface area contributed by atoms with Crippen LogP contribution in [0.4, 0.5) is 5.69 Å². The number of nitrogens with zero attached hydrogens (tertiary/aromatic N) is 1. The number of benzene rings is 2. The molecule has 0 bridgehead atoms. The molecule has 2 rings (SSSR count). The maximum atomic E-state index is 11.0. The average molecular weight is 357 g/mol. The van der Waals surface area contributed by atoms with Crippen molar-refractivity contribution in [2.45, 2.75) is 13.5 Å². The fourth-order valence-corrected chi connectivity index (χ4v) is 2.49. The van der Waals surface area contributed by atoms with Crippen LogP contribution in [0.25, 0.3) is 0 Å². The Bertz CT molecular complexity index is 661. The van der Waals surface area contributed by atoms with Crippen molar-refractivity contribution < 1.29 is 9.66 Å². The molecular weight excluding hydrogens is 346 g/mol. The van der Waals surface area contributed by atoms with Crippen LogP contribution in [0.1, 0.15) is 11.1 Å². The second kappa shape index (κ2) is 6.24. The van der Waals surface area contributed by atoms with Gasteiger partial charge in [0.25, 0.3) is 0 Å². The summed E-state index contributed by atoms with van der Waals surface area (Å²) < 4.78 is 6.46. The van der Waals surface area contributed by atoms with Crippen LogP contribution >= 0.6 is 27.5 Å². The summed E-state index contributed by atoms with van der Waals surface area (Å²) in [6.07, 6.45) is 0. The van der Waals surface area contributed by atoms with Crippen molar-refractivity contribution in [2.24, 2.45) is 0 Å². The predicted molar refractivity (Wildman–Crippen MR) is 81.3 cm³/mol. The second-order valence-electron chi connectivity index (χ2n) is 4.20. The van der Waals surface area contributed by atoms with E-state index in [2.05, 4.69) is 15.9 Å². The Balaban J connectivity index is 2.25. The van der Waals surface area contributed by atoms with Crippen LogP contribution in [0.2, 0.25) is 5.02 Å². The number of ether oxygens (including phenoxy) is 1. The van der Waals surface area contributed by atoms with E-state index in [1.54, 1.807) is 25.1 Å². The van der Waals surface area contributed by atoms with E-state index in [1.165, 1.54) is 6.07 Å². The molecule has 0 radical (unpaired) electrons. The van der Waals surface area contributed by atoms with Crippen LogP contribution in [-0.4, -0.2) is 4.92 Å². The minimum atomic E-state index is -0.453. The average Bonchev–Trinajstić information content (AvgIpc) is 2.38. The molecule has 0 spiro atoms. The summed E-state index contributed by atoms with van der Waals surface area (Å²) in [7, 11) is 0. The van der Waals surface area contributed by atoms with Crippen molar-refractivity contribution in [1.82, 2.24) is 0 Å². The zero-order valence-electron chi connectivity index (χ0n) is 10.6. The molecule has 0 N–H and O–H groups in total. The monoisotopic (exact) mass is 355 g/mol. The summed E-state index contributed by atoms with van der Waals surface area (Å²) in [6, 6.07) is 10.2. The molecule has 0 amide bonds. The van der Waals surface area contributed by atoms with E-state index < -0.39 is 4.92 Å². The molecule has 2 aromatic rings. The van der Waals surface area contributed by atoms with Crippen LogP contribution in [0, 0.1) is 17.0 Å². The van der Waals surface area contributed by atoms with Crippen LogP contribution < -0.4 is 4.74 Å². The maximum Gasteiger partial charge on any atom is 0.311 e. The molecule has 0 aliphatic carbocycles. The topological polar surface area (TPSA) is 52.4 Å². The lowest BCUT2D eigenvalue weighted by atomic mass is 10.2. The summed E-state index contributed by atoms with van der Waals surface area (Å²) in [5.74, 6) is 0.275. The van der Waals surface area contributed by atoms with Gasteiger partial charge in [-0.05, 0) is 24.6 Å². The van der Waals surface area contributed by atoms with Gasteiger partial charge in [-0.3, -0.25) is 10.1 Å². The van der Waals surface area contributed by atoms with Gasteiger partial charge < -0.3 is 4.74 Å². The number of hydrogen-bond acceptors (Lipinski definition) is 3. The van der Waals surface area contributed by atoms with Crippen LogP contribution in [0.15, 0.2) is 40.9 Å². The third-order valence-corrected chi connectivity index (χ3v) is 3.62. The Hall–Kier alpha value is -1.59. The molecule has 20 heavy (non-hydrogen) atoms. The molecule has 0 aliphatic heterocycles. The van der Waals surface area contributed by atoms with Crippen molar-refractivity contribution in [3.63, 3.8) is 0 Å². The van der Waals surface area contributed by atoms with E-state index in [0.717, 1.165) is 10.0 Å². The number of aryl methyl sites for hydroxylation is 1. The third kappa shape index (κ3) is 3.29. The van der Waals surface area contributed by atoms with E-state index >= 15 is 0 Å². The number of nitro benzene ring substituents is 1. The summed E-state index contributed by atoms with van der Waals surface area (Å²) in [4.78, 5) is 10.5. The summed E-state index contributed by atoms with van der Waals surface area (Å²) >= 11 is 9.41. The van der Waals surface area contributed by atoms with Gasteiger partial charge in [0.15, 0.2) is 5.75 Å². The number of para-hydroxylation sites is 1. The fourth-order valence-electron chi connectivity index (χ4n) is 1.76. The summed E-state index contributed by atoms with van der Waals surface area (Å²) in [5.41, 5.74) is 1.44. The Morgan fingerprint density at radius 2 is 2.10 bits per heavy atom. The van der Waals surface area contributed by atoms with E-state index in [-0.39, 0.29) is 18.0 Å². The van der Waals surface area contributed by atoms with Crippen LogP contribution in [0.5, 0.6) is 5.75 Å². The molecule has 0 saturated carbocycles. The van der Waals surface area contributed by atoms with Gasteiger partial charge in [0, 0.05) is 21.1 Å². The first kappa shape index (κ1) is 14.8. The van der Waals surface area contributed by atoms with Gasteiger partial charge in [0.05, 0.1) is 4.92 Å². The number of halogens is 2. The van der Waals surface area contributed by atoms with E-state index in [1.807, 2.05) is 12.1 Å². The molecule has 6 heteroatoms. The highest BCUT2D eigenvalue weighted by atomic mass is 79.9. The van der Waals surface area contributed by atoms with Gasteiger partial charge in [-0.25, -0.2) is 0 Å². The minimum absolute atomic E-state index is 0.0433. The first-order valence-electron chi connectivity index (χ1n) is 5.80. The largest absolute Gasteiger partial charge is 0.482 e. The predicted octanol–water partition coefficient (Wildman–Crippen LogP) is 4.90. The lowest BCUT2D eigenvalue weighted by Crippen LogP contribution is -2.01. The lowest BCUT2D eigenvalue weighted by Gasteiger charge is -2.10. The number of hydrogen-bond donors (Lipinski definition) is 0. The van der Waals surface area contributed by atoms with Crippen molar-refractivity contribution in [3.05, 3.63) is 67.1 Å². The van der Waals surface area contributed by atoms with Gasteiger partial charge in [-0.1, -0.05) is 45.7 Å². The Labute approximate surface area is 129 Å². The summed E-state index contributed by atoms with van der Waals surface area (Å²) in [6.45, 7) is 1.95. The summed E-state index contributed by atoms with van der Waals surface area (Å²) in [5, 5.41) is 11.5. The first-order chi connectivity index (χ1) is 9.49. The molecule has 0 fully saturated rings. The Kier molecular flexibility index (Phi) is 4.62. The third-order valence-electron chi connectivity index (χ3n) is 2.77. The van der Waals surface area contributed by atoms with Gasteiger partial charge in [0.2, 0.25) is 0 Å². The molecule has 4 nitrogen and oxygen atoms in total. The molecule has 104 valence electrons. The molecule has 0 saturated heterocycles. The Morgan fingerprint density at radius 1 is 1.35 bits per heavy atom. The zero-order chi connectivity index (χ0) is 14.7. The molecule has 0 atom stereocenters. The smallest absolute Gasteiger partial charge is 0.311 e. The normalized spacial score (nSPS) is 10.3. The first-order valence-corrected chi connectivity index (χ1v) is 6.97. The molecule has 2 aromatic carbocycles. The zero-order valence-corrected chi connectivity index (χ0v) is 12.9. The molecular formula is C14H11BrClNO3. The van der Waals surface area contributed by atoms with Gasteiger partial charge in [-0.2, -0.15) is 0 Å². The highest BCUT2D eigenvalue weighted by molar-refractivity contribution is 9.10. The van der Waals surface area contributed by atoms with Crippen molar-refractivity contribution >= 4 is 33.2 Å². The molecule has 0 aliphatic rings. The number of nitro groups is 1. The fraction of sp³-hybridized carbons (Fsp3) is 0.143. The highest BCUT2D eigenvalue weighted by Gasteiger charge is 2.17. The van der Waals surface area contributed by atoms with E-state index in [9.17, 15) is 10.1 Å². The minimum Gasteiger partial charge on any atom is -0.482 e. The Morgan fingerprint density at radius 3 is 2.75 bits per heavy atom. The van der Waals surface area contributed by atoms with Crippen LogP contribution in [0.3, 0.4) is 0 Å². The maximum absolute atomic E-state index is 11.0. The second-order valence-corrected chi connectivity index (χ2v) is 5.53. The van der Waals surface area contributed by atoms with E-state index in [0.29, 0.717) is 10.6 Å². The lowest BCUT2D eigenvalue weighted by molar-refractivity contribution is -0.386.